The van der Waals surface area contributed by atoms with Crippen molar-refractivity contribution in [1.82, 2.24) is 20.3 Å². The molecule has 0 unspecified atom stereocenters. The molecule has 0 aromatic carbocycles. The zero-order chi connectivity index (χ0) is 14.9. The molecule has 1 aromatic rings. The van der Waals surface area contributed by atoms with Gasteiger partial charge < -0.3 is 15.8 Å². The third-order valence-corrected chi connectivity index (χ3v) is 3.64. The summed E-state index contributed by atoms with van der Waals surface area (Å²) >= 11 is 0. The van der Waals surface area contributed by atoms with E-state index < -0.39 is 0 Å². The van der Waals surface area contributed by atoms with E-state index in [9.17, 15) is 4.79 Å². The van der Waals surface area contributed by atoms with Gasteiger partial charge in [-0.2, -0.15) is 0 Å². The fraction of sp³-hybridized carbons (Fsp3) is 0.786. The molecule has 1 saturated carbocycles. The van der Waals surface area contributed by atoms with Gasteiger partial charge >= 0.3 is 0 Å². The second-order valence-electron chi connectivity index (χ2n) is 5.40. The zero-order valence-corrected chi connectivity index (χ0v) is 12.5. The van der Waals surface area contributed by atoms with E-state index in [1.54, 1.807) is 10.9 Å². The molecule has 3 N–H and O–H groups in total. The lowest BCUT2D eigenvalue weighted by Gasteiger charge is -2.21. The Morgan fingerprint density at radius 3 is 3.00 bits per heavy atom. The fourth-order valence-corrected chi connectivity index (χ4v) is 2.49. The summed E-state index contributed by atoms with van der Waals surface area (Å²) < 4.78 is 7.38. The summed E-state index contributed by atoms with van der Waals surface area (Å²) in [7, 11) is 0. The minimum absolute atomic E-state index is 0.198. The molecule has 1 aromatic heterocycles. The molecule has 0 bridgehead atoms. The number of nitrogens with one attached hydrogen (secondary N) is 1. The molecule has 2 rings (SSSR count). The lowest BCUT2D eigenvalue weighted by molar-refractivity contribution is 0.0273. The molecule has 118 valence electrons. The van der Waals surface area contributed by atoms with E-state index in [4.69, 9.17) is 10.5 Å². The van der Waals surface area contributed by atoms with Crippen LogP contribution < -0.4 is 11.1 Å². The van der Waals surface area contributed by atoms with Gasteiger partial charge in [-0.05, 0) is 19.3 Å². The molecule has 1 amide bonds. The van der Waals surface area contributed by atoms with Crippen molar-refractivity contribution in [3.8, 4) is 0 Å². The number of hydrogen-bond donors (Lipinski definition) is 2. The van der Waals surface area contributed by atoms with Crippen molar-refractivity contribution in [3.05, 3.63) is 11.9 Å². The first-order chi connectivity index (χ1) is 10.3. The van der Waals surface area contributed by atoms with Crippen LogP contribution in [-0.2, 0) is 11.3 Å². The lowest BCUT2D eigenvalue weighted by atomic mass is 9.98. The van der Waals surface area contributed by atoms with E-state index in [1.807, 2.05) is 0 Å². The molecular formula is C14H25N5O2. The number of nitrogens with two attached hydrogens (primary N) is 1. The average molecular weight is 295 g/mol. The Kier molecular flexibility index (Phi) is 6.62. The monoisotopic (exact) mass is 295 g/mol. The van der Waals surface area contributed by atoms with Crippen molar-refractivity contribution in [2.24, 2.45) is 5.73 Å². The zero-order valence-electron chi connectivity index (χ0n) is 12.5. The highest BCUT2D eigenvalue weighted by molar-refractivity contribution is 5.91. The van der Waals surface area contributed by atoms with Crippen LogP contribution in [0.5, 0.6) is 0 Å². The molecule has 0 spiro atoms. The molecule has 0 atom stereocenters. The van der Waals surface area contributed by atoms with Gasteiger partial charge in [0.2, 0.25) is 0 Å². The molecule has 1 heterocycles. The minimum atomic E-state index is -0.198. The topological polar surface area (TPSA) is 95.1 Å². The van der Waals surface area contributed by atoms with Crippen molar-refractivity contribution >= 4 is 5.91 Å². The molecule has 1 fully saturated rings. The first-order valence-corrected chi connectivity index (χ1v) is 7.79. The molecule has 0 aliphatic heterocycles. The average Bonchev–Trinajstić information content (AvgIpc) is 2.97. The van der Waals surface area contributed by atoms with Crippen LogP contribution in [0.1, 0.15) is 49.0 Å². The van der Waals surface area contributed by atoms with Crippen LogP contribution in [0.4, 0.5) is 0 Å². The maximum Gasteiger partial charge on any atom is 0.273 e. The van der Waals surface area contributed by atoms with Crippen LogP contribution in [0, 0.1) is 0 Å². The first-order valence-electron chi connectivity index (χ1n) is 7.79. The summed E-state index contributed by atoms with van der Waals surface area (Å²) in [4.78, 5) is 11.8. The molecule has 21 heavy (non-hydrogen) atoms. The van der Waals surface area contributed by atoms with Crippen LogP contribution >= 0.6 is 0 Å². The number of aromatic nitrogens is 3. The fourth-order valence-electron chi connectivity index (χ4n) is 2.49. The maximum atomic E-state index is 11.8. The minimum Gasteiger partial charge on any atom is -0.378 e. The number of nitrogens with zero attached hydrogens (tertiary/aromatic N) is 3. The number of rotatable bonds is 8. The predicted molar refractivity (Wildman–Crippen MR) is 78.9 cm³/mol. The van der Waals surface area contributed by atoms with Crippen molar-refractivity contribution in [2.75, 3.05) is 19.7 Å². The Morgan fingerprint density at radius 1 is 1.43 bits per heavy atom. The summed E-state index contributed by atoms with van der Waals surface area (Å²) in [5, 5.41) is 10.5. The Labute approximate surface area is 125 Å². The lowest BCUT2D eigenvalue weighted by Crippen LogP contribution is -2.26. The van der Waals surface area contributed by atoms with Crippen molar-refractivity contribution in [1.29, 1.82) is 0 Å². The van der Waals surface area contributed by atoms with Gasteiger partial charge in [-0.1, -0.05) is 24.5 Å². The maximum absolute atomic E-state index is 11.8. The summed E-state index contributed by atoms with van der Waals surface area (Å²) in [6.07, 6.45) is 9.10. The number of amides is 1. The summed E-state index contributed by atoms with van der Waals surface area (Å²) in [5.74, 6) is -0.198. The Hall–Kier alpha value is -1.47. The second-order valence-corrected chi connectivity index (χ2v) is 5.40. The standard InChI is InChI=1S/C14H25N5O2/c15-7-9-19-11-13(17-18-19)14(20)16-8-4-10-21-12-5-2-1-3-6-12/h11-12H,1-10,15H2,(H,16,20). The van der Waals surface area contributed by atoms with E-state index in [2.05, 4.69) is 15.6 Å². The van der Waals surface area contributed by atoms with Crippen LogP contribution in [-0.4, -0.2) is 46.7 Å². The Morgan fingerprint density at radius 2 is 2.24 bits per heavy atom. The van der Waals surface area contributed by atoms with Crippen LogP contribution in [0.3, 0.4) is 0 Å². The molecular weight excluding hydrogens is 270 g/mol. The largest absolute Gasteiger partial charge is 0.378 e. The summed E-state index contributed by atoms with van der Waals surface area (Å²) in [5.41, 5.74) is 5.75. The Bertz CT molecular complexity index is 429. The molecule has 7 nitrogen and oxygen atoms in total. The predicted octanol–water partition coefficient (Wildman–Crippen LogP) is 0.706. The normalized spacial score (nSPS) is 16.0. The molecule has 0 saturated heterocycles. The van der Waals surface area contributed by atoms with Gasteiger partial charge in [0.1, 0.15) is 0 Å². The van der Waals surface area contributed by atoms with Gasteiger partial charge in [-0.15, -0.1) is 5.10 Å². The number of carbonyl (C=O) groups is 1. The van der Waals surface area contributed by atoms with Gasteiger partial charge in [-0.3, -0.25) is 9.48 Å². The highest BCUT2D eigenvalue weighted by Crippen LogP contribution is 2.20. The van der Waals surface area contributed by atoms with Gasteiger partial charge in [0.05, 0.1) is 18.8 Å². The smallest absolute Gasteiger partial charge is 0.273 e. The quantitative estimate of drug-likeness (QED) is 0.689. The van der Waals surface area contributed by atoms with Gasteiger partial charge in [0.15, 0.2) is 5.69 Å². The van der Waals surface area contributed by atoms with E-state index in [1.165, 1.54) is 32.1 Å². The van der Waals surface area contributed by atoms with Crippen molar-refractivity contribution in [2.45, 2.75) is 51.2 Å². The van der Waals surface area contributed by atoms with Gasteiger partial charge in [0, 0.05) is 19.7 Å². The SMILES string of the molecule is NCCn1cc(C(=O)NCCCOC2CCCCC2)nn1. The van der Waals surface area contributed by atoms with E-state index in [0.717, 1.165) is 6.42 Å². The van der Waals surface area contributed by atoms with E-state index in [0.29, 0.717) is 38.0 Å². The number of ether oxygens (including phenoxy) is 1. The highest BCUT2D eigenvalue weighted by Gasteiger charge is 2.13. The van der Waals surface area contributed by atoms with E-state index in [-0.39, 0.29) is 5.91 Å². The number of hydrogen-bond acceptors (Lipinski definition) is 5. The van der Waals surface area contributed by atoms with Crippen LogP contribution in [0.2, 0.25) is 0 Å². The molecule has 0 radical (unpaired) electrons. The molecule has 1 aliphatic carbocycles. The molecule has 7 heteroatoms. The first kappa shape index (κ1) is 15.9. The van der Waals surface area contributed by atoms with Crippen molar-refractivity contribution in [3.63, 3.8) is 0 Å². The van der Waals surface area contributed by atoms with E-state index >= 15 is 0 Å². The summed E-state index contributed by atoms with van der Waals surface area (Å²) in [6.45, 7) is 2.33. The van der Waals surface area contributed by atoms with Gasteiger partial charge in [0.25, 0.3) is 5.91 Å². The number of carbonyl (C=O) groups excluding carboxylic acids is 1. The highest BCUT2D eigenvalue weighted by atomic mass is 16.5. The third kappa shape index (κ3) is 5.43. The Balaban J connectivity index is 1.58. The van der Waals surface area contributed by atoms with Crippen molar-refractivity contribution < 1.29 is 9.53 Å². The van der Waals surface area contributed by atoms with Crippen LogP contribution in [0.25, 0.3) is 0 Å². The molecule has 1 aliphatic rings. The second kappa shape index (κ2) is 8.74. The van der Waals surface area contributed by atoms with Crippen LogP contribution in [0.15, 0.2) is 6.20 Å². The summed E-state index contributed by atoms with van der Waals surface area (Å²) in [6, 6.07) is 0. The van der Waals surface area contributed by atoms with Gasteiger partial charge in [-0.25, -0.2) is 0 Å². The third-order valence-electron chi connectivity index (χ3n) is 3.64.